The largest absolute Gasteiger partial charge is 0.466 e. The molecule has 1 saturated heterocycles. The zero-order valence-corrected chi connectivity index (χ0v) is 19.3. The van der Waals surface area contributed by atoms with Crippen LogP contribution in [0.4, 0.5) is 5.69 Å². The monoisotopic (exact) mass is 462 g/mol. The molecule has 32 heavy (non-hydrogen) atoms. The second-order valence-electron chi connectivity index (χ2n) is 8.35. The van der Waals surface area contributed by atoms with Crippen LogP contribution in [0.2, 0.25) is 5.02 Å². The molecule has 1 fully saturated rings. The second-order valence-corrected chi connectivity index (χ2v) is 8.76. The minimum absolute atomic E-state index is 0.0841. The van der Waals surface area contributed by atoms with Crippen molar-refractivity contribution in [2.45, 2.75) is 39.2 Å². The van der Waals surface area contributed by atoms with Gasteiger partial charge in [-0.1, -0.05) is 42.8 Å². The first-order valence-electron chi connectivity index (χ1n) is 11.2. The van der Waals surface area contributed by atoms with Crippen LogP contribution in [-0.2, 0) is 19.1 Å². The number of unbranched alkanes of at least 4 members (excludes halogenated alkanes) is 2. The van der Waals surface area contributed by atoms with Crippen LogP contribution in [0, 0.1) is 23.7 Å². The molecular weight excluding hydrogens is 432 g/mol. The maximum Gasteiger partial charge on any atom is 0.310 e. The maximum atomic E-state index is 13.5. The molecule has 3 rings (SSSR count). The normalized spacial score (nSPS) is 26.7. The molecule has 1 heterocycles. The van der Waals surface area contributed by atoms with E-state index in [4.69, 9.17) is 21.4 Å². The second kappa shape index (κ2) is 11.0. The highest BCUT2D eigenvalue weighted by molar-refractivity contribution is 6.33. The van der Waals surface area contributed by atoms with Crippen LogP contribution in [0.5, 0.6) is 0 Å². The number of benzene rings is 1. The highest BCUT2D eigenvalue weighted by atomic mass is 35.5. The third-order valence-electron chi connectivity index (χ3n) is 6.29. The Balaban J connectivity index is 1.91. The molecule has 7 nitrogen and oxygen atoms in total. The van der Waals surface area contributed by atoms with Crippen LogP contribution in [0.1, 0.15) is 33.1 Å². The summed E-state index contributed by atoms with van der Waals surface area (Å²) in [6.07, 6.45) is 5.83. The number of anilines is 1. The Kier molecular flexibility index (Phi) is 8.32. The summed E-state index contributed by atoms with van der Waals surface area (Å²) < 4.78 is 5.27. The number of rotatable bonds is 9. The number of nitrogens with zero attached hydrogens (tertiary/aromatic N) is 1. The van der Waals surface area contributed by atoms with Gasteiger partial charge >= 0.3 is 5.97 Å². The van der Waals surface area contributed by atoms with E-state index in [1.54, 1.807) is 36.1 Å². The summed E-state index contributed by atoms with van der Waals surface area (Å²) in [6, 6.07) is 6.19. The smallest absolute Gasteiger partial charge is 0.310 e. The Morgan fingerprint density at radius 2 is 1.94 bits per heavy atom. The van der Waals surface area contributed by atoms with Gasteiger partial charge in [-0.15, -0.1) is 0 Å². The van der Waals surface area contributed by atoms with E-state index in [1.165, 1.54) is 0 Å². The minimum Gasteiger partial charge on any atom is -0.466 e. The van der Waals surface area contributed by atoms with Gasteiger partial charge in [0.05, 0.1) is 29.2 Å². The van der Waals surface area contributed by atoms with Gasteiger partial charge in [0.15, 0.2) is 0 Å². The molecule has 1 aliphatic heterocycles. The van der Waals surface area contributed by atoms with Crippen LogP contribution in [-0.4, -0.2) is 53.6 Å². The van der Waals surface area contributed by atoms with Crippen molar-refractivity contribution in [3.05, 3.63) is 41.4 Å². The van der Waals surface area contributed by atoms with Crippen molar-refractivity contribution < 1.29 is 24.2 Å². The molecule has 5 atom stereocenters. The summed E-state index contributed by atoms with van der Waals surface area (Å²) in [5.74, 6) is -2.81. The summed E-state index contributed by atoms with van der Waals surface area (Å²) in [4.78, 5) is 41.3. The molecule has 1 aliphatic carbocycles. The van der Waals surface area contributed by atoms with Gasteiger partial charge < -0.3 is 20.1 Å². The number of para-hydroxylation sites is 1. The number of halogens is 1. The van der Waals surface area contributed by atoms with Crippen molar-refractivity contribution in [2.75, 3.05) is 25.1 Å². The molecule has 0 unspecified atom stereocenters. The number of aliphatic hydroxyl groups is 1. The van der Waals surface area contributed by atoms with Crippen molar-refractivity contribution in [3.63, 3.8) is 0 Å². The lowest BCUT2D eigenvalue weighted by Gasteiger charge is -2.32. The number of amides is 2. The molecule has 0 saturated carbocycles. The Hall–Kier alpha value is -2.38. The lowest BCUT2D eigenvalue weighted by molar-refractivity contribution is -0.155. The summed E-state index contributed by atoms with van der Waals surface area (Å²) in [5.41, 5.74) is 0.477. The fraction of sp³-hybridized carbons (Fsp3) is 0.542. The van der Waals surface area contributed by atoms with Gasteiger partial charge in [0.25, 0.3) is 0 Å². The average Bonchev–Trinajstić information content (AvgIpc) is 3.04. The predicted octanol–water partition coefficient (Wildman–Crippen LogP) is 3.27. The van der Waals surface area contributed by atoms with Gasteiger partial charge in [0, 0.05) is 19.1 Å². The van der Waals surface area contributed by atoms with Crippen molar-refractivity contribution in [1.29, 1.82) is 0 Å². The van der Waals surface area contributed by atoms with E-state index >= 15 is 0 Å². The van der Waals surface area contributed by atoms with E-state index in [0.717, 1.165) is 6.42 Å². The number of fused-ring (bicyclic) bond motifs is 1. The van der Waals surface area contributed by atoms with Crippen LogP contribution in [0.3, 0.4) is 0 Å². The van der Waals surface area contributed by atoms with Gasteiger partial charge in [0.2, 0.25) is 11.8 Å². The van der Waals surface area contributed by atoms with Crippen molar-refractivity contribution in [3.8, 4) is 0 Å². The average molecular weight is 463 g/mol. The number of hydrogen-bond acceptors (Lipinski definition) is 5. The Labute approximate surface area is 193 Å². The summed E-state index contributed by atoms with van der Waals surface area (Å²) in [7, 11) is 0. The summed E-state index contributed by atoms with van der Waals surface area (Å²) >= 11 is 6.22. The molecule has 2 N–H and O–H groups in total. The number of carbonyl (C=O) groups is 3. The molecule has 2 amide bonds. The first-order chi connectivity index (χ1) is 15.4. The van der Waals surface area contributed by atoms with E-state index in [9.17, 15) is 14.4 Å². The fourth-order valence-corrected chi connectivity index (χ4v) is 4.95. The number of carbonyl (C=O) groups excluding carboxylic acids is 3. The highest BCUT2D eigenvalue weighted by Crippen LogP contribution is 2.44. The van der Waals surface area contributed by atoms with Crippen LogP contribution < -0.4 is 5.32 Å². The number of allylic oxidation sites excluding steroid dienone is 1. The number of esters is 1. The number of nitrogens with one attached hydrogen (secondary N) is 1. The lowest BCUT2D eigenvalue weighted by Crippen LogP contribution is -2.44. The Morgan fingerprint density at radius 3 is 2.62 bits per heavy atom. The number of aliphatic hydroxyl groups excluding tert-OH is 1. The molecule has 0 radical (unpaired) electrons. The maximum absolute atomic E-state index is 13.5. The van der Waals surface area contributed by atoms with Gasteiger partial charge in [-0.3, -0.25) is 14.4 Å². The van der Waals surface area contributed by atoms with Crippen molar-refractivity contribution in [2.24, 2.45) is 23.7 Å². The predicted molar refractivity (Wildman–Crippen MR) is 122 cm³/mol. The lowest BCUT2D eigenvalue weighted by atomic mass is 9.70. The standard InChI is InChI=1S/C24H31ClN2O5/c1-3-32-24(31)19-15(2)11-12-16-20(19)23(30)27(13-7-4-8-14-28)21(16)22(29)26-18-10-6-5-9-17(18)25/h5-6,9-12,15-16,19-21,28H,3-4,7-8,13-14H2,1-2H3,(H,26,29)/t15-,16+,19-,20-,21+/m1/s1. The Bertz CT molecular complexity index is 874. The van der Waals surface area contributed by atoms with Gasteiger partial charge in [-0.2, -0.15) is 0 Å². The van der Waals surface area contributed by atoms with Crippen LogP contribution in [0.15, 0.2) is 36.4 Å². The zero-order chi connectivity index (χ0) is 23.3. The quantitative estimate of drug-likeness (QED) is 0.333. The summed E-state index contributed by atoms with van der Waals surface area (Å²) in [5, 5.41) is 12.3. The van der Waals surface area contributed by atoms with Crippen LogP contribution in [0.25, 0.3) is 0 Å². The molecule has 0 bridgehead atoms. The first-order valence-corrected chi connectivity index (χ1v) is 11.6. The van der Waals surface area contributed by atoms with E-state index in [0.29, 0.717) is 30.1 Å². The van der Waals surface area contributed by atoms with E-state index < -0.39 is 29.8 Å². The van der Waals surface area contributed by atoms with Crippen LogP contribution >= 0.6 is 11.6 Å². The SMILES string of the molecule is CCOC(=O)[C@H]1[C@@H]2C(=O)N(CCCCCO)[C@H](C(=O)Nc3ccccc3Cl)[C@H]2C=C[C@H]1C. The first kappa shape index (κ1) is 24.3. The third kappa shape index (κ3) is 4.99. The molecule has 0 spiro atoms. The molecule has 2 aliphatic rings. The van der Waals surface area contributed by atoms with E-state index in [1.807, 2.05) is 19.1 Å². The molecular formula is C24H31ClN2O5. The van der Waals surface area contributed by atoms with Crippen molar-refractivity contribution >= 4 is 35.1 Å². The topological polar surface area (TPSA) is 95.9 Å². The minimum atomic E-state index is -0.751. The molecule has 0 aromatic heterocycles. The number of ether oxygens (including phenoxy) is 1. The van der Waals surface area contributed by atoms with Gasteiger partial charge in [-0.25, -0.2) is 0 Å². The molecule has 174 valence electrons. The van der Waals surface area contributed by atoms with E-state index in [2.05, 4.69) is 5.32 Å². The van der Waals surface area contributed by atoms with Gasteiger partial charge in [0.1, 0.15) is 6.04 Å². The molecule has 1 aromatic rings. The summed E-state index contributed by atoms with van der Waals surface area (Å²) in [6.45, 7) is 4.33. The Morgan fingerprint density at radius 1 is 1.19 bits per heavy atom. The number of likely N-dealkylation sites (tertiary alicyclic amines) is 1. The zero-order valence-electron chi connectivity index (χ0n) is 18.5. The molecule has 8 heteroatoms. The van der Waals surface area contributed by atoms with E-state index in [-0.39, 0.29) is 30.9 Å². The molecule has 1 aromatic carbocycles. The number of hydrogen-bond donors (Lipinski definition) is 2. The van der Waals surface area contributed by atoms with Gasteiger partial charge in [-0.05, 0) is 44.2 Å². The highest BCUT2D eigenvalue weighted by Gasteiger charge is 2.56. The van der Waals surface area contributed by atoms with Crippen molar-refractivity contribution in [1.82, 2.24) is 4.90 Å². The third-order valence-corrected chi connectivity index (χ3v) is 6.62. The fourth-order valence-electron chi connectivity index (χ4n) is 4.77.